The third-order valence-electron chi connectivity index (χ3n) is 7.30. The van der Waals surface area contributed by atoms with Crippen molar-refractivity contribution in [3.63, 3.8) is 0 Å². The fraction of sp³-hybridized carbons (Fsp3) is 0.257. The Hall–Kier alpha value is -3.37. The summed E-state index contributed by atoms with van der Waals surface area (Å²) in [5.74, 6) is -0.711. The minimum absolute atomic E-state index is 0.00643. The van der Waals surface area contributed by atoms with Gasteiger partial charge in [0.25, 0.3) is 10.0 Å². The number of nitrogens with zero attached hydrogens (tertiary/aromatic N) is 2. The average molecular weight is 746 g/mol. The van der Waals surface area contributed by atoms with Crippen molar-refractivity contribution in [3.05, 3.63) is 128 Å². The van der Waals surface area contributed by atoms with Gasteiger partial charge < -0.3 is 10.2 Å². The van der Waals surface area contributed by atoms with E-state index in [9.17, 15) is 18.0 Å². The molecule has 0 unspecified atom stereocenters. The van der Waals surface area contributed by atoms with Crippen LogP contribution in [0.3, 0.4) is 0 Å². The summed E-state index contributed by atoms with van der Waals surface area (Å²) < 4.78 is 30.2. The molecule has 2 amide bonds. The van der Waals surface area contributed by atoms with Crippen molar-refractivity contribution in [2.45, 2.75) is 44.7 Å². The van der Waals surface area contributed by atoms with E-state index in [0.29, 0.717) is 6.54 Å². The molecule has 0 aromatic heterocycles. The first-order chi connectivity index (χ1) is 21.8. The molecule has 0 spiro atoms. The number of aryl methyl sites for hydroxylation is 1. The number of halogens is 3. The highest BCUT2D eigenvalue weighted by Gasteiger charge is 2.35. The average Bonchev–Trinajstić information content (AvgIpc) is 3.03. The van der Waals surface area contributed by atoms with Gasteiger partial charge in [-0.3, -0.25) is 13.9 Å². The summed E-state index contributed by atoms with van der Waals surface area (Å²) in [5, 5.41) is 3.37. The van der Waals surface area contributed by atoms with Gasteiger partial charge in [-0.25, -0.2) is 8.42 Å². The van der Waals surface area contributed by atoms with Gasteiger partial charge in [0.15, 0.2) is 0 Å². The third kappa shape index (κ3) is 9.35. The van der Waals surface area contributed by atoms with Crippen molar-refractivity contribution < 1.29 is 18.0 Å². The molecule has 4 rings (SSSR count). The first-order valence-electron chi connectivity index (χ1n) is 14.7. The Kier molecular flexibility index (Phi) is 12.3. The van der Waals surface area contributed by atoms with Gasteiger partial charge in [-0.1, -0.05) is 113 Å². The van der Waals surface area contributed by atoms with E-state index < -0.39 is 28.5 Å². The lowest BCUT2D eigenvalue weighted by Crippen LogP contribution is -2.53. The molecule has 4 aromatic carbocycles. The Labute approximate surface area is 289 Å². The van der Waals surface area contributed by atoms with Crippen LogP contribution in [-0.2, 0) is 32.6 Å². The number of amides is 2. The molecule has 1 atom stereocenters. The fourth-order valence-electron chi connectivity index (χ4n) is 4.77. The van der Waals surface area contributed by atoms with Crippen LogP contribution in [0.15, 0.2) is 106 Å². The molecule has 0 aliphatic carbocycles. The van der Waals surface area contributed by atoms with E-state index in [4.69, 9.17) is 23.2 Å². The Morgan fingerprint density at radius 2 is 1.50 bits per heavy atom. The predicted molar refractivity (Wildman–Crippen MR) is 189 cm³/mol. The van der Waals surface area contributed by atoms with Crippen LogP contribution in [0.4, 0.5) is 5.69 Å². The second-order valence-electron chi connectivity index (χ2n) is 11.4. The monoisotopic (exact) mass is 743 g/mol. The Morgan fingerprint density at radius 3 is 2.11 bits per heavy atom. The van der Waals surface area contributed by atoms with E-state index in [0.717, 1.165) is 25.5 Å². The van der Waals surface area contributed by atoms with Gasteiger partial charge >= 0.3 is 0 Å². The van der Waals surface area contributed by atoms with E-state index in [1.807, 2.05) is 75.4 Å². The third-order valence-corrected chi connectivity index (χ3v) is 10.4. The van der Waals surface area contributed by atoms with Crippen LogP contribution < -0.4 is 9.62 Å². The van der Waals surface area contributed by atoms with E-state index in [1.165, 1.54) is 35.2 Å². The molecule has 11 heteroatoms. The molecule has 0 aliphatic heterocycles. The summed E-state index contributed by atoms with van der Waals surface area (Å²) >= 11 is 16.0. The van der Waals surface area contributed by atoms with Gasteiger partial charge in [0.1, 0.15) is 12.6 Å². The van der Waals surface area contributed by atoms with Crippen LogP contribution in [0.1, 0.15) is 30.5 Å². The maximum absolute atomic E-state index is 14.5. The molecule has 0 aliphatic rings. The lowest BCUT2D eigenvalue weighted by Gasteiger charge is -2.34. The predicted octanol–water partition coefficient (Wildman–Crippen LogP) is 7.67. The Bertz CT molecular complexity index is 1750. The summed E-state index contributed by atoms with van der Waals surface area (Å²) in [6.45, 7) is 5.73. The van der Waals surface area contributed by atoms with Crippen LogP contribution in [0.5, 0.6) is 0 Å². The largest absolute Gasteiger partial charge is 0.354 e. The first-order valence-corrected chi connectivity index (χ1v) is 17.7. The minimum atomic E-state index is -4.26. The number of benzene rings is 4. The van der Waals surface area contributed by atoms with E-state index in [2.05, 4.69) is 21.2 Å². The molecule has 0 bridgehead atoms. The minimum Gasteiger partial charge on any atom is -0.354 e. The number of anilines is 1. The molecule has 0 heterocycles. The second-order valence-corrected chi connectivity index (χ2v) is 15.0. The number of sulfonamides is 1. The number of nitrogens with one attached hydrogen (secondary N) is 1. The lowest BCUT2D eigenvalue weighted by atomic mass is 10.0. The summed E-state index contributed by atoms with van der Waals surface area (Å²) in [6, 6.07) is 26.7. The Balaban J connectivity index is 1.81. The van der Waals surface area contributed by atoms with Gasteiger partial charge in [0, 0.05) is 24.0 Å². The van der Waals surface area contributed by atoms with Crippen molar-refractivity contribution in [3.8, 4) is 0 Å². The summed E-state index contributed by atoms with van der Waals surface area (Å²) in [7, 11) is -4.26. The summed E-state index contributed by atoms with van der Waals surface area (Å²) in [4.78, 5) is 29.8. The fourth-order valence-corrected chi connectivity index (χ4v) is 6.73. The molecule has 7 nitrogen and oxygen atoms in total. The van der Waals surface area contributed by atoms with Crippen LogP contribution in [-0.4, -0.2) is 44.3 Å². The quantitative estimate of drug-likeness (QED) is 0.152. The highest BCUT2D eigenvalue weighted by molar-refractivity contribution is 9.10. The zero-order chi connectivity index (χ0) is 33.4. The van der Waals surface area contributed by atoms with Gasteiger partial charge in [-0.05, 0) is 66.4 Å². The molecule has 0 saturated carbocycles. The zero-order valence-electron chi connectivity index (χ0n) is 25.8. The van der Waals surface area contributed by atoms with Gasteiger partial charge in [0.2, 0.25) is 11.8 Å². The number of carbonyl (C=O) groups is 2. The van der Waals surface area contributed by atoms with Gasteiger partial charge in [-0.2, -0.15) is 0 Å². The molecule has 1 N–H and O–H groups in total. The summed E-state index contributed by atoms with van der Waals surface area (Å²) in [6.07, 6.45) is 0.227. The highest BCUT2D eigenvalue weighted by Crippen LogP contribution is 2.31. The number of carbonyl (C=O) groups excluding carboxylic acids is 2. The molecule has 242 valence electrons. The number of rotatable bonds is 13. The molecule has 0 radical (unpaired) electrons. The highest BCUT2D eigenvalue weighted by atomic mass is 79.9. The first kappa shape index (κ1) is 35.5. The van der Waals surface area contributed by atoms with Crippen LogP contribution in [0.2, 0.25) is 10.0 Å². The zero-order valence-corrected chi connectivity index (χ0v) is 29.7. The smallest absolute Gasteiger partial charge is 0.264 e. The molecule has 4 aromatic rings. The van der Waals surface area contributed by atoms with Crippen LogP contribution >= 0.6 is 39.1 Å². The van der Waals surface area contributed by atoms with Crippen LogP contribution in [0, 0.1) is 12.8 Å². The topological polar surface area (TPSA) is 86.8 Å². The van der Waals surface area contributed by atoms with E-state index >= 15 is 0 Å². The Morgan fingerprint density at radius 1 is 0.848 bits per heavy atom. The maximum atomic E-state index is 14.5. The van der Waals surface area contributed by atoms with Crippen LogP contribution in [0.25, 0.3) is 0 Å². The molecule has 0 saturated heterocycles. The standard InChI is InChI=1S/C35H36BrCl2N3O4S/c1-24(2)21-39-35(43)33(19-26-7-5-4-6-8-26)40(22-27-11-13-28(36)14-12-27)34(42)23-41(29-15-18-31(37)32(38)20-29)46(44,45)30-16-9-25(3)10-17-30/h4-18,20,24,33H,19,21-23H2,1-3H3,(H,39,43)/t33-/m1/s1. The molecular weight excluding hydrogens is 709 g/mol. The molecule has 46 heavy (non-hydrogen) atoms. The van der Waals surface area contributed by atoms with Gasteiger partial charge in [0.05, 0.1) is 20.6 Å². The van der Waals surface area contributed by atoms with Crippen molar-refractivity contribution in [1.29, 1.82) is 0 Å². The number of hydrogen-bond donors (Lipinski definition) is 1. The molecular formula is C35H36BrCl2N3O4S. The lowest BCUT2D eigenvalue weighted by molar-refractivity contribution is -0.140. The van der Waals surface area contributed by atoms with Gasteiger partial charge in [-0.15, -0.1) is 0 Å². The normalized spacial score (nSPS) is 12.1. The second kappa shape index (κ2) is 16.0. The van der Waals surface area contributed by atoms with Crippen molar-refractivity contribution in [1.82, 2.24) is 10.2 Å². The van der Waals surface area contributed by atoms with E-state index in [-0.39, 0.29) is 45.4 Å². The summed E-state index contributed by atoms with van der Waals surface area (Å²) in [5.41, 5.74) is 2.67. The number of hydrogen-bond acceptors (Lipinski definition) is 4. The van der Waals surface area contributed by atoms with Crippen molar-refractivity contribution >= 4 is 66.7 Å². The van der Waals surface area contributed by atoms with Crippen molar-refractivity contribution in [2.75, 3.05) is 17.4 Å². The molecule has 0 fully saturated rings. The SMILES string of the molecule is Cc1ccc(S(=O)(=O)N(CC(=O)N(Cc2ccc(Br)cc2)[C@H](Cc2ccccc2)C(=O)NCC(C)C)c2ccc(Cl)c(Cl)c2)cc1. The van der Waals surface area contributed by atoms with E-state index in [1.54, 1.807) is 12.1 Å². The van der Waals surface area contributed by atoms with Crippen molar-refractivity contribution in [2.24, 2.45) is 5.92 Å². The maximum Gasteiger partial charge on any atom is 0.264 e.